The first-order chi connectivity index (χ1) is 8.10. The van der Waals surface area contributed by atoms with Crippen LogP contribution in [0.4, 0.5) is 5.69 Å². The Bertz CT molecular complexity index is 406. The lowest BCUT2D eigenvalue weighted by Gasteiger charge is -2.16. The molecule has 0 aliphatic heterocycles. The third-order valence-corrected chi connectivity index (χ3v) is 4.52. The minimum absolute atomic E-state index is 0.500. The van der Waals surface area contributed by atoms with E-state index in [4.69, 9.17) is 34.8 Å². The van der Waals surface area contributed by atoms with Gasteiger partial charge in [0.25, 0.3) is 0 Å². The summed E-state index contributed by atoms with van der Waals surface area (Å²) >= 11 is 18.0. The molecule has 1 aromatic carbocycles. The minimum atomic E-state index is 0.500. The fourth-order valence-electron chi connectivity index (χ4n) is 2.43. The van der Waals surface area contributed by atoms with Gasteiger partial charge in [0.15, 0.2) is 0 Å². The van der Waals surface area contributed by atoms with Gasteiger partial charge in [0, 0.05) is 6.04 Å². The number of rotatable bonds is 3. The Hall–Kier alpha value is -0.110. The highest BCUT2D eigenvalue weighted by atomic mass is 35.5. The molecule has 0 bridgehead atoms. The fourth-order valence-corrected chi connectivity index (χ4v) is 3.03. The first-order valence-corrected chi connectivity index (χ1v) is 7.14. The van der Waals surface area contributed by atoms with Crippen molar-refractivity contribution in [3.8, 4) is 0 Å². The van der Waals surface area contributed by atoms with Crippen LogP contribution < -0.4 is 5.32 Å². The van der Waals surface area contributed by atoms with Crippen LogP contribution in [0.1, 0.15) is 32.6 Å². The number of halogens is 3. The van der Waals surface area contributed by atoms with Crippen LogP contribution in [-0.4, -0.2) is 6.04 Å². The fraction of sp³-hybridized carbons (Fsp3) is 0.538. The van der Waals surface area contributed by atoms with Crippen molar-refractivity contribution in [2.75, 3.05) is 5.32 Å². The van der Waals surface area contributed by atoms with Gasteiger partial charge in [-0.2, -0.15) is 0 Å². The maximum Gasteiger partial charge on any atom is 0.0653 e. The van der Waals surface area contributed by atoms with Crippen LogP contribution in [-0.2, 0) is 0 Å². The zero-order valence-corrected chi connectivity index (χ0v) is 12.0. The van der Waals surface area contributed by atoms with Gasteiger partial charge in [0.2, 0.25) is 0 Å². The molecule has 2 unspecified atom stereocenters. The lowest BCUT2D eigenvalue weighted by Crippen LogP contribution is -2.15. The Morgan fingerprint density at radius 3 is 2.47 bits per heavy atom. The molecule has 1 aliphatic carbocycles. The average molecular weight is 293 g/mol. The van der Waals surface area contributed by atoms with Crippen LogP contribution in [0.25, 0.3) is 0 Å². The first-order valence-electron chi connectivity index (χ1n) is 6.01. The smallest absolute Gasteiger partial charge is 0.0653 e. The van der Waals surface area contributed by atoms with Gasteiger partial charge in [0.1, 0.15) is 0 Å². The molecule has 1 aromatic rings. The summed E-state index contributed by atoms with van der Waals surface area (Å²) in [6.07, 6.45) is 4.97. The highest BCUT2D eigenvalue weighted by molar-refractivity contribution is 6.44. The second-order valence-corrected chi connectivity index (χ2v) is 5.90. The van der Waals surface area contributed by atoms with Crippen molar-refractivity contribution in [2.45, 2.75) is 38.6 Å². The van der Waals surface area contributed by atoms with Crippen LogP contribution in [0.3, 0.4) is 0 Å². The lowest BCUT2D eigenvalue weighted by atomic mass is 10.1. The van der Waals surface area contributed by atoms with E-state index >= 15 is 0 Å². The van der Waals surface area contributed by atoms with E-state index in [2.05, 4.69) is 12.2 Å². The van der Waals surface area contributed by atoms with Gasteiger partial charge in [-0.15, -0.1) is 0 Å². The Labute approximate surface area is 117 Å². The van der Waals surface area contributed by atoms with E-state index < -0.39 is 0 Å². The summed E-state index contributed by atoms with van der Waals surface area (Å²) in [6, 6.07) is 4.01. The standard InChI is InChI=1S/C13H16Cl3N/c1-2-8-3-4-9(5-8)17-13-7-11(15)10(14)6-12(13)16/h6-9,17H,2-5H2,1H3. The molecule has 0 saturated heterocycles. The molecular formula is C13H16Cl3N. The molecule has 2 rings (SSSR count). The van der Waals surface area contributed by atoms with E-state index in [0.717, 1.165) is 11.6 Å². The SMILES string of the molecule is CCC1CCC(Nc2cc(Cl)c(Cl)cc2Cl)C1. The normalized spacial score (nSPS) is 24.0. The van der Waals surface area contributed by atoms with E-state index in [1.807, 2.05) is 6.07 Å². The van der Waals surface area contributed by atoms with Crippen LogP contribution in [0.5, 0.6) is 0 Å². The van der Waals surface area contributed by atoms with Gasteiger partial charge in [-0.25, -0.2) is 0 Å². The van der Waals surface area contributed by atoms with Crippen LogP contribution in [0.2, 0.25) is 15.1 Å². The van der Waals surface area contributed by atoms with E-state index in [9.17, 15) is 0 Å². The first kappa shape index (κ1) is 13.3. The summed E-state index contributed by atoms with van der Waals surface area (Å²) in [5.41, 5.74) is 0.891. The summed E-state index contributed by atoms with van der Waals surface area (Å²) < 4.78 is 0. The van der Waals surface area contributed by atoms with Crippen molar-refractivity contribution in [1.82, 2.24) is 0 Å². The average Bonchev–Trinajstić information content (AvgIpc) is 2.73. The number of hydrogen-bond donors (Lipinski definition) is 1. The molecule has 1 nitrogen and oxygen atoms in total. The van der Waals surface area contributed by atoms with Gasteiger partial charge >= 0.3 is 0 Å². The summed E-state index contributed by atoms with van der Waals surface area (Å²) in [4.78, 5) is 0. The van der Waals surface area contributed by atoms with Crippen molar-refractivity contribution in [3.63, 3.8) is 0 Å². The number of anilines is 1. The van der Waals surface area contributed by atoms with Gasteiger partial charge in [0.05, 0.1) is 20.8 Å². The highest BCUT2D eigenvalue weighted by Gasteiger charge is 2.23. The second-order valence-electron chi connectivity index (χ2n) is 4.67. The number of benzene rings is 1. The molecule has 17 heavy (non-hydrogen) atoms. The molecule has 4 heteroatoms. The summed E-state index contributed by atoms with van der Waals surface area (Å²) in [6.45, 7) is 2.25. The quantitative estimate of drug-likeness (QED) is 0.711. The zero-order chi connectivity index (χ0) is 12.4. The Balaban J connectivity index is 2.06. The lowest BCUT2D eigenvalue weighted by molar-refractivity contribution is 0.525. The van der Waals surface area contributed by atoms with Gasteiger partial charge < -0.3 is 5.32 Å². The molecule has 1 aliphatic rings. The largest absolute Gasteiger partial charge is 0.381 e. The monoisotopic (exact) mass is 291 g/mol. The van der Waals surface area contributed by atoms with E-state index in [0.29, 0.717) is 21.1 Å². The third-order valence-electron chi connectivity index (χ3n) is 3.49. The maximum atomic E-state index is 6.14. The maximum absolute atomic E-state index is 6.14. The van der Waals surface area contributed by atoms with E-state index in [-0.39, 0.29) is 0 Å². The third kappa shape index (κ3) is 3.21. The zero-order valence-electron chi connectivity index (χ0n) is 9.77. The van der Waals surface area contributed by atoms with E-state index in [1.54, 1.807) is 6.07 Å². The minimum Gasteiger partial charge on any atom is -0.381 e. The molecule has 0 aromatic heterocycles. The molecule has 2 atom stereocenters. The molecule has 1 saturated carbocycles. The summed E-state index contributed by atoms with van der Waals surface area (Å²) in [5.74, 6) is 0.842. The molecule has 94 valence electrons. The van der Waals surface area contributed by atoms with Gasteiger partial charge in [-0.05, 0) is 37.3 Å². The summed E-state index contributed by atoms with van der Waals surface area (Å²) in [7, 11) is 0. The molecule has 0 heterocycles. The topological polar surface area (TPSA) is 12.0 Å². The van der Waals surface area contributed by atoms with Gasteiger partial charge in [-0.1, -0.05) is 48.1 Å². The predicted molar refractivity (Wildman–Crippen MR) is 76.5 cm³/mol. The number of hydrogen-bond acceptors (Lipinski definition) is 1. The van der Waals surface area contributed by atoms with Crippen molar-refractivity contribution >= 4 is 40.5 Å². The molecule has 0 radical (unpaired) electrons. The van der Waals surface area contributed by atoms with E-state index in [1.165, 1.54) is 25.7 Å². The highest BCUT2D eigenvalue weighted by Crippen LogP contribution is 2.35. The molecule has 1 N–H and O–H groups in total. The molecule has 0 amide bonds. The van der Waals surface area contributed by atoms with Crippen LogP contribution in [0.15, 0.2) is 12.1 Å². The second kappa shape index (κ2) is 5.69. The Morgan fingerprint density at radius 2 is 1.82 bits per heavy atom. The number of nitrogens with one attached hydrogen (secondary N) is 1. The van der Waals surface area contributed by atoms with Crippen molar-refractivity contribution in [1.29, 1.82) is 0 Å². The van der Waals surface area contributed by atoms with Crippen molar-refractivity contribution < 1.29 is 0 Å². The van der Waals surface area contributed by atoms with Crippen LogP contribution >= 0.6 is 34.8 Å². The summed E-state index contributed by atoms with van der Waals surface area (Å²) in [5, 5.41) is 5.15. The molecule has 0 spiro atoms. The Morgan fingerprint density at radius 1 is 1.12 bits per heavy atom. The Kier molecular flexibility index (Phi) is 4.46. The van der Waals surface area contributed by atoms with Crippen LogP contribution in [0, 0.1) is 5.92 Å². The molecule has 1 fully saturated rings. The van der Waals surface area contributed by atoms with Crippen molar-refractivity contribution in [3.05, 3.63) is 27.2 Å². The predicted octanol–water partition coefficient (Wildman–Crippen LogP) is 5.64. The molecular weight excluding hydrogens is 277 g/mol. The van der Waals surface area contributed by atoms with Crippen molar-refractivity contribution in [2.24, 2.45) is 5.92 Å². The van der Waals surface area contributed by atoms with Gasteiger partial charge in [-0.3, -0.25) is 0 Å².